The quantitative estimate of drug-likeness (QED) is 0.761. The van der Waals surface area contributed by atoms with Crippen LogP contribution in [-0.4, -0.2) is 52.9 Å². The standard InChI is InChI=1S/C11H19N5O/c1-12-11(17)9-3-2-5-16(8-9)6-4-10-7-13-15-14-10/h7,9H,2-6,8H2,1H3,(H,12,17)(H,13,14,15). The van der Waals surface area contributed by atoms with Gasteiger partial charge in [-0.15, -0.1) is 0 Å². The topological polar surface area (TPSA) is 73.9 Å². The zero-order chi connectivity index (χ0) is 12.1. The monoisotopic (exact) mass is 237 g/mol. The van der Waals surface area contributed by atoms with E-state index in [2.05, 4.69) is 25.6 Å². The molecule has 1 fully saturated rings. The summed E-state index contributed by atoms with van der Waals surface area (Å²) in [5.41, 5.74) is 0.979. The smallest absolute Gasteiger partial charge is 0.224 e. The summed E-state index contributed by atoms with van der Waals surface area (Å²) in [6, 6.07) is 0. The molecule has 1 amide bonds. The van der Waals surface area contributed by atoms with Crippen LogP contribution in [-0.2, 0) is 11.2 Å². The van der Waals surface area contributed by atoms with Crippen LogP contribution in [0, 0.1) is 5.92 Å². The van der Waals surface area contributed by atoms with E-state index >= 15 is 0 Å². The second-order valence-corrected chi connectivity index (χ2v) is 4.47. The fourth-order valence-electron chi connectivity index (χ4n) is 2.30. The molecule has 17 heavy (non-hydrogen) atoms. The number of carbonyl (C=O) groups excluding carboxylic acids is 1. The summed E-state index contributed by atoms with van der Waals surface area (Å²) >= 11 is 0. The van der Waals surface area contributed by atoms with Crippen LogP contribution in [0.4, 0.5) is 0 Å². The first-order valence-corrected chi connectivity index (χ1v) is 6.08. The molecule has 0 spiro atoms. The lowest BCUT2D eigenvalue weighted by Crippen LogP contribution is -2.42. The molecule has 1 aliphatic rings. The molecule has 1 saturated heterocycles. The number of nitrogens with one attached hydrogen (secondary N) is 2. The first-order valence-electron chi connectivity index (χ1n) is 6.08. The number of hydrogen-bond donors (Lipinski definition) is 2. The first-order chi connectivity index (χ1) is 8.29. The molecule has 0 saturated carbocycles. The number of carbonyl (C=O) groups is 1. The largest absolute Gasteiger partial charge is 0.359 e. The molecule has 6 heteroatoms. The molecule has 0 aliphatic carbocycles. The number of piperidine rings is 1. The Balaban J connectivity index is 1.79. The molecule has 2 heterocycles. The van der Waals surface area contributed by atoms with Gasteiger partial charge in [-0.25, -0.2) is 0 Å². The molecule has 1 aromatic heterocycles. The van der Waals surface area contributed by atoms with E-state index < -0.39 is 0 Å². The summed E-state index contributed by atoms with van der Waals surface area (Å²) in [5.74, 6) is 0.308. The van der Waals surface area contributed by atoms with Gasteiger partial charge in [0.1, 0.15) is 0 Å². The highest BCUT2D eigenvalue weighted by Gasteiger charge is 2.24. The lowest BCUT2D eigenvalue weighted by atomic mass is 9.97. The van der Waals surface area contributed by atoms with Crippen LogP contribution in [0.25, 0.3) is 0 Å². The molecule has 2 N–H and O–H groups in total. The van der Waals surface area contributed by atoms with Crippen LogP contribution in [0.5, 0.6) is 0 Å². The van der Waals surface area contributed by atoms with Crippen LogP contribution in [0.1, 0.15) is 18.5 Å². The molecule has 94 valence electrons. The Kier molecular flexibility index (Phi) is 4.08. The highest BCUT2D eigenvalue weighted by Crippen LogP contribution is 2.16. The van der Waals surface area contributed by atoms with Gasteiger partial charge in [0.15, 0.2) is 0 Å². The van der Waals surface area contributed by atoms with Crippen molar-refractivity contribution in [1.82, 2.24) is 25.6 Å². The molecule has 6 nitrogen and oxygen atoms in total. The van der Waals surface area contributed by atoms with E-state index in [9.17, 15) is 4.79 Å². The Morgan fingerprint density at radius 2 is 2.59 bits per heavy atom. The van der Waals surface area contributed by atoms with Gasteiger partial charge in [-0.2, -0.15) is 15.4 Å². The summed E-state index contributed by atoms with van der Waals surface area (Å²) in [5, 5.41) is 13.2. The SMILES string of the molecule is CNC(=O)C1CCCN(CCc2cn[nH]n2)C1. The van der Waals surface area contributed by atoms with E-state index in [0.717, 1.165) is 44.6 Å². The van der Waals surface area contributed by atoms with Crippen molar-refractivity contribution in [3.05, 3.63) is 11.9 Å². The van der Waals surface area contributed by atoms with Gasteiger partial charge in [-0.1, -0.05) is 0 Å². The second kappa shape index (κ2) is 5.77. The van der Waals surface area contributed by atoms with Crippen LogP contribution in [0.2, 0.25) is 0 Å². The number of aromatic nitrogens is 3. The maximum Gasteiger partial charge on any atom is 0.224 e. The van der Waals surface area contributed by atoms with Gasteiger partial charge in [-0.3, -0.25) is 4.79 Å². The number of hydrogen-bond acceptors (Lipinski definition) is 4. The minimum Gasteiger partial charge on any atom is -0.359 e. The van der Waals surface area contributed by atoms with Crippen LogP contribution in [0.3, 0.4) is 0 Å². The van der Waals surface area contributed by atoms with Gasteiger partial charge in [0.25, 0.3) is 0 Å². The summed E-state index contributed by atoms with van der Waals surface area (Å²) < 4.78 is 0. The lowest BCUT2D eigenvalue weighted by Gasteiger charge is -2.31. The number of aromatic amines is 1. The van der Waals surface area contributed by atoms with Crippen molar-refractivity contribution in [2.75, 3.05) is 26.7 Å². The lowest BCUT2D eigenvalue weighted by molar-refractivity contribution is -0.126. The van der Waals surface area contributed by atoms with E-state index in [0.29, 0.717) is 0 Å². The normalized spacial score (nSPS) is 21.4. The third-order valence-corrected chi connectivity index (χ3v) is 3.27. The van der Waals surface area contributed by atoms with E-state index in [-0.39, 0.29) is 11.8 Å². The molecule has 0 aromatic carbocycles. The molecular weight excluding hydrogens is 218 g/mol. The predicted molar refractivity (Wildman–Crippen MR) is 63.3 cm³/mol. The molecule has 2 rings (SSSR count). The number of rotatable bonds is 4. The first kappa shape index (κ1) is 12.0. The van der Waals surface area contributed by atoms with Gasteiger partial charge >= 0.3 is 0 Å². The van der Waals surface area contributed by atoms with Crippen molar-refractivity contribution in [3.63, 3.8) is 0 Å². The molecule has 1 atom stereocenters. The third kappa shape index (κ3) is 3.26. The average molecular weight is 237 g/mol. The number of nitrogens with zero attached hydrogens (tertiary/aromatic N) is 3. The minimum atomic E-state index is 0.144. The molecule has 1 aliphatic heterocycles. The molecule has 0 radical (unpaired) electrons. The van der Waals surface area contributed by atoms with E-state index in [4.69, 9.17) is 0 Å². The van der Waals surface area contributed by atoms with Crippen molar-refractivity contribution >= 4 is 5.91 Å². The Morgan fingerprint density at radius 3 is 3.29 bits per heavy atom. The van der Waals surface area contributed by atoms with Crippen molar-refractivity contribution in [2.24, 2.45) is 5.92 Å². The fourth-order valence-corrected chi connectivity index (χ4v) is 2.30. The van der Waals surface area contributed by atoms with Crippen molar-refractivity contribution < 1.29 is 4.79 Å². The Bertz CT molecular complexity index is 351. The van der Waals surface area contributed by atoms with Crippen molar-refractivity contribution in [3.8, 4) is 0 Å². The summed E-state index contributed by atoms with van der Waals surface area (Å²) in [6.45, 7) is 2.88. The number of amides is 1. The second-order valence-electron chi connectivity index (χ2n) is 4.47. The Hall–Kier alpha value is -1.43. The number of H-pyrrole nitrogens is 1. The fraction of sp³-hybridized carbons (Fsp3) is 0.727. The van der Waals surface area contributed by atoms with Crippen molar-refractivity contribution in [1.29, 1.82) is 0 Å². The third-order valence-electron chi connectivity index (χ3n) is 3.27. The van der Waals surface area contributed by atoms with Crippen molar-refractivity contribution in [2.45, 2.75) is 19.3 Å². The molecule has 1 unspecified atom stereocenters. The summed E-state index contributed by atoms with van der Waals surface area (Å²) in [7, 11) is 1.71. The van der Waals surface area contributed by atoms with Crippen LogP contribution < -0.4 is 5.32 Å². The van der Waals surface area contributed by atoms with E-state index in [1.807, 2.05) is 0 Å². The number of likely N-dealkylation sites (tertiary alicyclic amines) is 1. The van der Waals surface area contributed by atoms with Crippen LogP contribution >= 0.6 is 0 Å². The zero-order valence-electron chi connectivity index (χ0n) is 10.1. The van der Waals surface area contributed by atoms with Gasteiger partial charge in [0, 0.05) is 26.6 Å². The Morgan fingerprint density at radius 1 is 1.71 bits per heavy atom. The molecule has 1 aromatic rings. The zero-order valence-corrected chi connectivity index (χ0v) is 10.1. The van der Waals surface area contributed by atoms with E-state index in [1.54, 1.807) is 13.2 Å². The summed E-state index contributed by atoms with van der Waals surface area (Å²) in [6.07, 6.45) is 4.73. The highest BCUT2D eigenvalue weighted by molar-refractivity contribution is 5.78. The molecule has 0 bridgehead atoms. The Labute approximate surface area is 101 Å². The van der Waals surface area contributed by atoms with Gasteiger partial charge < -0.3 is 10.2 Å². The predicted octanol–water partition coefficient (Wildman–Crippen LogP) is -0.195. The summed E-state index contributed by atoms with van der Waals surface area (Å²) in [4.78, 5) is 13.9. The minimum absolute atomic E-state index is 0.144. The van der Waals surface area contributed by atoms with Gasteiger partial charge in [0.05, 0.1) is 17.8 Å². The van der Waals surface area contributed by atoms with Gasteiger partial charge in [0.2, 0.25) is 5.91 Å². The average Bonchev–Trinajstić information content (AvgIpc) is 2.89. The maximum atomic E-state index is 11.6. The van der Waals surface area contributed by atoms with Gasteiger partial charge in [-0.05, 0) is 19.4 Å². The van der Waals surface area contributed by atoms with E-state index in [1.165, 1.54) is 0 Å². The van der Waals surface area contributed by atoms with Crippen LogP contribution in [0.15, 0.2) is 6.20 Å². The maximum absolute atomic E-state index is 11.6. The molecular formula is C11H19N5O. The highest BCUT2D eigenvalue weighted by atomic mass is 16.1.